The molecule has 0 spiro atoms. The average Bonchev–Trinajstić information content (AvgIpc) is 2.37. The van der Waals surface area contributed by atoms with Gasteiger partial charge >= 0.3 is 0 Å². The largest absolute Gasteiger partial charge is 0.381 e. The maximum absolute atomic E-state index is 3.44. The van der Waals surface area contributed by atoms with Crippen LogP contribution in [0.1, 0.15) is 23.6 Å². The molecule has 2 N–H and O–H groups in total. The van der Waals surface area contributed by atoms with Crippen LogP contribution in [-0.4, -0.2) is 6.54 Å². The third-order valence-electron chi connectivity index (χ3n) is 3.48. The number of rotatable bonds is 4. The lowest BCUT2D eigenvalue weighted by atomic mass is 9.98. The van der Waals surface area contributed by atoms with Crippen LogP contribution in [0.15, 0.2) is 54.6 Å². The summed E-state index contributed by atoms with van der Waals surface area (Å²) in [6.07, 6.45) is 1.26. The number of hydrogen-bond acceptors (Lipinski definition) is 2. The van der Waals surface area contributed by atoms with Gasteiger partial charge in [-0.1, -0.05) is 42.5 Å². The van der Waals surface area contributed by atoms with E-state index in [4.69, 9.17) is 0 Å². The predicted molar refractivity (Wildman–Crippen MR) is 75.6 cm³/mol. The van der Waals surface area contributed by atoms with E-state index in [0.29, 0.717) is 6.04 Å². The van der Waals surface area contributed by atoms with Gasteiger partial charge in [0.15, 0.2) is 0 Å². The van der Waals surface area contributed by atoms with E-state index in [1.807, 2.05) is 6.07 Å². The Morgan fingerprint density at radius 1 is 1.00 bits per heavy atom. The van der Waals surface area contributed by atoms with E-state index in [9.17, 15) is 0 Å². The summed E-state index contributed by atoms with van der Waals surface area (Å²) in [6, 6.07) is 19.8. The van der Waals surface area contributed by atoms with Crippen molar-refractivity contribution in [1.82, 2.24) is 5.32 Å². The SMILES string of the molecule is c1ccc(CNc2ccc([C@H]3CCN3)cc2)cc1. The summed E-state index contributed by atoms with van der Waals surface area (Å²) in [5.74, 6) is 0. The summed E-state index contributed by atoms with van der Waals surface area (Å²) in [7, 11) is 0. The second-order valence-electron chi connectivity index (χ2n) is 4.76. The van der Waals surface area contributed by atoms with Gasteiger partial charge in [0.25, 0.3) is 0 Å². The summed E-state index contributed by atoms with van der Waals surface area (Å²) in [5, 5.41) is 6.86. The molecular weight excluding hydrogens is 220 g/mol. The van der Waals surface area contributed by atoms with Crippen LogP contribution < -0.4 is 10.6 Å². The van der Waals surface area contributed by atoms with Crippen molar-refractivity contribution in [2.24, 2.45) is 0 Å². The van der Waals surface area contributed by atoms with Gasteiger partial charge in [-0.15, -0.1) is 0 Å². The minimum absolute atomic E-state index is 0.577. The molecule has 3 rings (SSSR count). The average molecular weight is 238 g/mol. The normalized spacial score (nSPS) is 18.1. The van der Waals surface area contributed by atoms with E-state index < -0.39 is 0 Å². The Morgan fingerprint density at radius 2 is 1.72 bits per heavy atom. The van der Waals surface area contributed by atoms with Gasteiger partial charge in [-0.3, -0.25) is 0 Å². The standard InChI is InChI=1S/C16H18N2/c1-2-4-13(5-3-1)12-18-15-8-6-14(7-9-15)16-10-11-17-16/h1-9,16-18H,10-12H2/t16-/m1/s1. The molecule has 1 aliphatic heterocycles. The van der Waals surface area contributed by atoms with Crippen molar-refractivity contribution in [1.29, 1.82) is 0 Å². The van der Waals surface area contributed by atoms with Crippen molar-refractivity contribution < 1.29 is 0 Å². The van der Waals surface area contributed by atoms with Crippen LogP contribution >= 0.6 is 0 Å². The molecule has 2 nitrogen and oxygen atoms in total. The summed E-state index contributed by atoms with van der Waals surface area (Å²) < 4.78 is 0. The highest BCUT2D eigenvalue weighted by Crippen LogP contribution is 2.23. The number of nitrogens with one attached hydrogen (secondary N) is 2. The summed E-state index contributed by atoms with van der Waals surface area (Å²) in [6.45, 7) is 2.03. The highest BCUT2D eigenvalue weighted by Gasteiger charge is 2.17. The predicted octanol–water partition coefficient (Wildman–Crippen LogP) is 3.33. The number of benzene rings is 2. The van der Waals surface area contributed by atoms with E-state index in [2.05, 4.69) is 59.2 Å². The molecule has 0 aromatic heterocycles. The van der Waals surface area contributed by atoms with Crippen molar-refractivity contribution in [2.45, 2.75) is 19.0 Å². The molecule has 1 saturated heterocycles. The van der Waals surface area contributed by atoms with Crippen LogP contribution in [0, 0.1) is 0 Å². The second-order valence-corrected chi connectivity index (χ2v) is 4.76. The van der Waals surface area contributed by atoms with Crippen LogP contribution in [0.4, 0.5) is 5.69 Å². The Kier molecular flexibility index (Phi) is 3.29. The van der Waals surface area contributed by atoms with Gasteiger partial charge in [0.2, 0.25) is 0 Å². The first-order valence-electron chi connectivity index (χ1n) is 6.53. The highest BCUT2D eigenvalue weighted by molar-refractivity contribution is 5.45. The summed E-state index contributed by atoms with van der Waals surface area (Å²) in [5.41, 5.74) is 3.88. The van der Waals surface area contributed by atoms with Gasteiger partial charge in [0, 0.05) is 18.3 Å². The molecule has 1 heterocycles. The molecule has 0 unspecified atom stereocenters. The lowest BCUT2D eigenvalue weighted by molar-refractivity contribution is 0.383. The lowest BCUT2D eigenvalue weighted by Crippen LogP contribution is -2.34. The van der Waals surface area contributed by atoms with E-state index in [1.54, 1.807) is 0 Å². The Morgan fingerprint density at radius 3 is 2.33 bits per heavy atom. The summed E-state index contributed by atoms with van der Waals surface area (Å²) >= 11 is 0. The fourth-order valence-corrected chi connectivity index (χ4v) is 2.21. The second kappa shape index (κ2) is 5.23. The Balaban J connectivity index is 1.59. The topological polar surface area (TPSA) is 24.1 Å². The smallest absolute Gasteiger partial charge is 0.0400 e. The van der Waals surface area contributed by atoms with Gasteiger partial charge < -0.3 is 10.6 Å². The molecule has 18 heavy (non-hydrogen) atoms. The molecule has 2 heteroatoms. The quantitative estimate of drug-likeness (QED) is 0.853. The molecule has 1 fully saturated rings. The Hall–Kier alpha value is -1.80. The van der Waals surface area contributed by atoms with E-state index in [0.717, 1.165) is 13.1 Å². The zero-order valence-corrected chi connectivity index (χ0v) is 10.4. The van der Waals surface area contributed by atoms with Crippen molar-refractivity contribution in [3.05, 3.63) is 65.7 Å². The molecule has 0 amide bonds. The van der Waals surface area contributed by atoms with Crippen molar-refractivity contribution in [2.75, 3.05) is 11.9 Å². The van der Waals surface area contributed by atoms with Crippen molar-refractivity contribution in [3.63, 3.8) is 0 Å². The first kappa shape index (κ1) is 11.3. The monoisotopic (exact) mass is 238 g/mol. The minimum atomic E-state index is 0.577. The maximum atomic E-state index is 3.44. The van der Waals surface area contributed by atoms with E-state index >= 15 is 0 Å². The first-order valence-corrected chi connectivity index (χ1v) is 6.53. The Labute approximate surface area is 108 Å². The fourth-order valence-electron chi connectivity index (χ4n) is 2.21. The number of anilines is 1. The minimum Gasteiger partial charge on any atom is -0.381 e. The van der Waals surface area contributed by atoms with Gasteiger partial charge in [0.1, 0.15) is 0 Å². The fraction of sp³-hybridized carbons (Fsp3) is 0.250. The van der Waals surface area contributed by atoms with E-state index in [1.165, 1.54) is 23.2 Å². The van der Waals surface area contributed by atoms with Crippen molar-refractivity contribution >= 4 is 5.69 Å². The molecule has 0 bridgehead atoms. The maximum Gasteiger partial charge on any atom is 0.0400 e. The van der Waals surface area contributed by atoms with Gasteiger partial charge in [0.05, 0.1) is 0 Å². The van der Waals surface area contributed by atoms with Crippen LogP contribution in [0.2, 0.25) is 0 Å². The molecule has 0 aliphatic carbocycles. The van der Waals surface area contributed by atoms with Gasteiger partial charge in [-0.25, -0.2) is 0 Å². The molecule has 2 aromatic carbocycles. The third kappa shape index (κ3) is 2.54. The van der Waals surface area contributed by atoms with Crippen LogP contribution in [0.5, 0.6) is 0 Å². The number of hydrogen-bond donors (Lipinski definition) is 2. The third-order valence-corrected chi connectivity index (χ3v) is 3.48. The van der Waals surface area contributed by atoms with Gasteiger partial charge in [-0.05, 0) is 36.2 Å². The zero-order chi connectivity index (χ0) is 12.2. The molecule has 1 atom stereocenters. The first-order chi connectivity index (χ1) is 8.92. The van der Waals surface area contributed by atoms with E-state index in [-0.39, 0.29) is 0 Å². The Bertz CT molecular complexity index is 486. The molecular formula is C16H18N2. The highest BCUT2D eigenvalue weighted by atomic mass is 15.0. The van der Waals surface area contributed by atoms with Crippen LogP contribution in [0.3, 0.4) is 0 Å². The van der Waals surface area contributed by atoms with Crippen LogP contribution in [-0.2, 0) is 6.54 Å². The molecule has 1 aliphatic rings. The molecule has 0 saturated carbocycles. The molecule has 92 valence electrons. The van der Waals surface area contributed by atoms with Crippen LogP contribution in [0.25, 0.3) is 0 Å². The van der Waals surface area contributed by atoms with Gasteiger partial charge in [-0.2, -0.15) is 0 Å². The molecule has 0 radical (unpaired) electrons. The lowest BCUT2D eigenvalue weighted by Gasteiger charge is -2.28. The molecule has 2 aromatic rings. The summed E-state index contributed by atoms with van der Waals surface area (Å²) in [4.78, 5) is 0. The van der Waals surface area contributed by atoms with Crippen molar-refractivity contribution in [3.8, 4) is 0 Å². The zero-order valence-electron chi connectivity index (χ0n) is 10.4.